The van der Waals surface area contributed by atoms with Gasteiger partial charge in [-0.25, -0.2) is 9.59 Å². The SMILES string of the molecule is CC1=C(C(=O)OCC(C)C)C(c2ccc(SC3CCCCC3)cc2)NC(=O)N1. The highest BCUT2D eigenvalue weighted by molar-refractivity contribution is 8.00. The van der Waals surface area contributed by atoms with E-state index in [0.29, 0.717) is 23.1 Å². The molecular weight excluding hydrogens is 372 g/mol. The Hall–Kier alpha value is -1.95. The molecule has 2 N–H and O–H groups in total. The molecule has 1 aliphatic carbocycles. The van der Waals surface area contributed by atoms with Crippen molar-refractivity contribution in [3.63, 3.8) is 0 Å². The van der Waals surface area contributed by atoms with E-state index in [-0.39, 0.29) is 17.9 Å². The molecule has 1 atom stereocenters. The van der Waals surface area contributed by atoms with Crippen molar-refractivity contribution in [2.24, 2.45) is 5.92 Å². The number of ether oxygens (including phenoxy) is 1. The molecule has 1 aromatic carbocycles. The number of hydrogen-bond donors (Lipinski definition) is 2. The number of benzene rings is 1. The first-order chi connectivity index (χ1) is 13.4. The lowest BCUT2D eigenvalue weighted by Crippen LogP contribution is -2.45. The summed E-state index contributed by atoms with van der Waals surface area (Å²) in [6, 6.07) is 7.39. The number of esters is 1. The summed E-state index contributed by atoms with van der Waals surface area (Å²) in [5.41, 5.74) is 1.90. The number of rotatable bonds is 6. The Morgan fingerprint density at radius 2 is 1.86 bits per heavy atom. The van der Waals surface area contributed by atoms with Crippen molar-refractivity contribution >= 4 is 23.8 Å². The summed E-state index contributed by atoms with van der Waals surface area (Å²) in [6.07, 6.45) is 6.56. The Labute approximate surface area is 171 Å². The zero-order valence-electron chi connectivity index (χ0n) is 16.9. The third kappa shape index (κ3) is 5.31. The van der Waals surface area contributed by atoms with Crippen LogP contribution in [-0.4, -0.2) is 23.9 Å². The van der Waals surface area contributed by atoms with Crippen molar-refractivity contribution in [1.82, 2.24) is 10.6 Å². The Morgan fingerprint density at radius 3 is 2.50 bits per heavy atom. The van der Waals surface area contributed by atoms with Gasteiger partial charge in [0.25, 0.3) is 0 Å². The van der Waals surface area contributed by atoms with E-state index in [4.69, 9.17) is 4.74 Å². The number of allylic oxidation sites excluding steroid dienone is 1. The second kappa shape index (κ2) is 9.50. The van der Waals surface area contributed by atoms with E-state index in [1.165, 1.54) is 37.0 Å². The van der Waals surface area contributed by atoms with Crippen molar-refractivity contribution in [3.8, 4) is 0 Å². The van der Waals surface area contributed by atoms with E-state index in [9.17, 15) is 9.59 Å². The molecule has 3 rings (SSSR count). The number of carbonyl (C=O) groups excluding carboxylic acids is 2. The lowest BCUT2D eigenvalue weighted by molar-refractivity contribution is -0.140. The maximum atomic E-state index is 12.7. The highest BCUT2D eigenvalue weighted by Gasteiger charge is 2.32. The minimum absolute atomic E-state index is 0.255. The van der Waals surface area contributed by atoms with Gasteiger partial charge < -0.3 is 15.4 Å². The minimum atomic E-state index is -0.498. The van der Waals surface area contributed by atoms with Crippen LogP contribution < -0.4 is 10.6 Å². The summed E-state index contributed by atoms with van der Waals surface area (Å²) in [5, 5.41) is 6.25. The quantitative estimate of drug-likeness (QED) is 0.662. The van der Waals surface area contributed by atoms with Gasteiger partial charge in [0, 0.05) is 15.8 Å². The van der Waals surface area contributed by atoms with E-state index in [1.54, 1.807) is 6.92 Å². The van der Waals surface area contributed by atoms with Crippen molar-refractivity contribution < 1.29 is 14.3 Å². The van der Waals surface area contributed by atoms with E-state index < -0.39 is 6.04 Å². The molecule has 6 heteroatoms. The first-order valence-corrected chi connectivity index (χ1v) is 11.0. The van der Waals surface area contributed by atoms with Gasteiger partial charge in [-0.15, -0.1) is 11.8 Å². The summed E-state index contributed by atoms with van der Waals surface area (Å²) in [5.74, 6) is -0.130. The summed E-state index contributed by atoms with van der Waals surface area (Å²) in [6.45, 7) is 6.09. The van der Waals surface area contributed by atoms with Gasteiger partial charge in [0.1, 0.15) is 0 Å². The van der Waals surface area contributed by atoms with Crippen LogP contribution in [0.5, 0.6) is 0 Å². The molecular formula is C22H30N2O3S. The summed E-state index contributed by atoms with van der Waals surface area (Å²) in [4.78, 5) is 25.9. The van der Waals surface area contributed by atoms with Crippen LogP contribution in [-0.2, 0) is 9.53 Å². The van der Waals surface area contributed by atoms with Gasteiger partial charge in [0.05, 0.1) is 18.2 Å². The number of nitrogens with one attached hydrogen (secondary N) is 2. The van der Waals surface area contributed by atoms with Crippen LogP contribution in [0.15, 0.2) is 40.4 Å². The highest BCUT2D eigenvalue weighted by Crippen LogP contribution is 2.35. The molecule has 5 nitrogen and oxygen atoms in total. The van der Waals surface area contributed by atoms with Gasteiger partial charge in [-0.05, 0) is 43.4 Å². The molecule has 2 amide bonds. The maximum absolute atomic E-state index is 12.7. The second-order valence-electron chi connectivity index (χ2n) is 8.01. The van der Waals surface area contributed by atoms with E-state index in [0.717, 1.165) is 5.56 Å². The monoisotopic (exact) mass is 402 g/mol. The number of amides is 2. The predicted molar refractivity (Wildman–Crippen MR) is 112 cm³/mol. The molecule has 0 aromatic heterocycles. The number of urea groups is 1. The van der Waals surface area contributed by atoms with E-state index in [2.05, 4.69) is 22.8 Å². The Balaban J connectivity index is 1.76. The predicted octanol–water partition coefficient (Wildman–Crippen LogP) is 4.94. The number of thioether (sulfide) groups is 1. The van der Waals surface area contributed by atoms with Crippen LogP contribution in [0.3, 0.4) is 0 Å². The van der Waals surface area contributed by atoms with Gasteiger partial charge in [-0.3, -0.25) is 0 Å². The zero-order chi connectivity index (χ0) is 20.1. The molecule has 0 spiro atoms. The fourth-order valence-electron chi connectivity index (χ4n) is 3.65. The molecule has 1 heterocycles. The average molecular weight is 403 g/mol. The van der Waals surface area contributed by atoms with Gasteiger partial charge in [0.2, 0.25) is 0 Å². The molecule has 1 saturated carbocycles. The molecule has 1 aliphatic heterocycles. The minimum Gasteiger partial charge on any atom is -0.462 e. The van der Waals surface area contributed by atoms with Gasteiger partial charge >= 0.3 is 12.0 Å². The van der Waals surface area contributed by atoms with Gasteiger partial charge in [-0.1, -0.05) is 45.2 Å². The Kier molecular flexibility index (Phi) is 7.05. The van der Waals surface area contributed by atoms with E-state index in [1.807, 2.05) is 37.7 Å². The van der Waals surface area contributed by atoms with E-state index >= 15 is 0 Å². The maximum Gasteiger partial charge on any atom is 0.338 e. The standard InChI is InChI=1S/C22H30N2O3S/c1-14(2)13-27-21(25)19-15(3)23-22(26)24-20(19)16-9-11-18(12-10-16)28-17-7-5-4-6-8-17/h9-12,14,17,20H,4-8,13H2,1-3H3,(H2,23,24,26). The molecule has 1 aromatic rings. The largest absolute Gasteiger partial charge is 0.462 e. The summed E-state index contributed by atoms with van der Waals surface area (Å²) in [7, 11) is 0. The number of carbonyl (C=O) groups is 2. The summed E-state index contributed by atoms with van der Waals surface area (Å²) < 4.78 is 5.43. The lowest BCUT2D eigenvalue weighted by atomic mass is 9.95. The van der Waals surface area contributed by atoms with Crippen molar-refractivity contribution in [2.75, 3.05) is 6.61 Å². The van der Waals surface area contributed by atoms with Crippen molar-refractivity contribution in [3.05, 3.63) is 41.1 Å². The molecule has 152 valence electrons. The smallest absolute Gasteiger partial charge is 0.338 e. The Bertz CT molecular complexity index is 737. The third-order valence-electron chi connectivity index (χ3n) is 5.11. The number of hydrogen-bond acceptors (Lipinski definition) is 4. The normalized spacial score (nSPS) is 20.7. The molecule has 1 unspecified atom stereocenters. The van der Waals surface area contributed by atoms with Gasteiger partial charge in [-0.2, -0.15) is 0 Å². The van der Waals surface area contributed by atoms with Crippen LogP contribution in [0.4, 0.5) is 4.79 Å². The first-order valence-electron chi connectivity index (χ1n) is 10.2. The van der Waals surface area contributed by atoms with Crippen LogP contribution in [0.2, 0.25) is 0 Å². The van der Waals surface area contributed by atoms with Crippen molar-refractivity contribution in [1.29, 1.82) is 0 Å². The molecule has 28 heavy (non-hydrogen) atoms. The summed E-state index contributed by atoms with van der Waals surface area (Å²) >= 11 is 1.94. The fraction of sp³-hybridized carbons (Fsp3) is 0.545. The van der Waals surface area contributed by atoms with Crippen LogP contribution >= 0.6 is 11.8 Å². The second-order valence-corrected chi connectivity index (χ2v) is 9.38. The molecule has 0 bridgehead atoms. The lowest BCUT2D eigenvalue weighted by Gasteiger charge is -2.28. The topological polar surface area (TPSA) is 67.4 Å². The van der Waals surface area contributed by atoms with Crippen LogP contribution in [0, 0.1) is 5.92 Å². The van der Waals surface area contributed by atoms with Gasteiger partial charge in [0.15, 0.2) is 0 Å². The molecule has 1 fully saturated rings. The average Bonchev–Trinajstić information content (AvgIpc) is 2.67. The highest BCUT2D eigenvalue weighted by atomic mass is 32.2. The first kappa shape index (κ1) is 20.8. The molecule has 2 aliphatic rings. The van der Waals surface area contributed by atoms with Crippen LogP contribution in [0.1, 0.15) is 64.5 Å². The molecule has 0 radical (unpaired) electrons. The molecule has 0 saturated heterocycles. The fourth-order valence-corrected chi connectivity index (χ4v) is 4.90. The Morgan fingerprint density at radius 1 is 1.18 bits per heavy atom. The zero-order valence-corrected chi connectivity index (χ0v) is 17.7. The van der Waals surface area contributed by atoms with Crippen LogP contribution in [0.25, 0.3) is 0 Å². The third-order valence-corrected chi connectivity index (χ3v) is 6.45. The van der Waals surface area contributed by atoms with Crippen molar-refractivity contribution in [2.45, 2.75) is 69.1 Å².